The van der Waals surface area contributed by atoms with E-state index < -0.39 is 11.7 Å². The Bertz CT molecular complexity index is 731. The van der Waals surface area contributed by atoms with E-state index in [2.05, 4.69) is 5.32 Å². The molecular formula is C16H11FN2O2. The number of nitrogens with one attached hydrogen (secondary N) is 1. The van der Waals surface area contributed by atoms with Crippen molar-refractivity contribution in [3.63, 3.8) is 0 Å². The molecule has 2 rings (SSSR count). The first-order valence-electron chi connectivity index (χ1n) is 6.07. The van der Waals surface area contributed by atoms with Crippen molar-refractivity contribution in [1.29, 1.82) is 5.26 Å². The fourth-order valence-electron chi connectivity index (χ4n) is 1.64. The third kappa shape index (κ3) is 3.67. The van der Waals surface area contributed by atoms with E-state index in [1.165, 1.54) is 48.5 Å². The molecule has 2 aromatic carbocycles. The minimum atomic E-state index is -0.647. The minimum absolute atomic E-state index is 0.0652. The smallest absolute Gasteiger partial charge is 0.266 e. The second-order valence-corrected chi connectivity index (χ2v) is 4.19. The van der Waals surface area contributed by atoms with Gasteiger partial charge in [0, 0.05) is 11.3 Å². The molecule has 0 radical (unpaired) electrons. The Labute approximate surface area is 120 Å². The van der Waals surface area contributed by atoms with Crippen molar-refractivity contribution < 1.29 is 14.3 Å². The molecule has 5 heteroatoms. The summed E-state index contributed by atoms with van der Waals surface area (Å²) in [5.74, 6) is -1.09. The highest BCUT2D eigenvalue weighted by atomic mass is 19.1. The van der Waals surface area contributed by atoms with Gasteiger partial charge in [-0.1, -0.05) is 18.2 Å². The highest BCUT2D eigenvalue weighted by Crippen LogP contribution is 2.16. The molecule has 21 heavy (non-hydrogen) atoms. The van der Waals surface area contributed by atoms with E-state index in [1.807, 2.05) is 0 Å². The number of amides is 1. The van der Waals surface area contributed by atoms with E-state index in [1.54, 1.807) is 12.1 Å². The van der Waals surface area contributed by atoms with Crippen LogP contribution in [-0.2, 0) is 4.79 Å². The number of nitriles is 1. The van der Waals surface area contributed by atoms with E-state index in [-0.39, 0.29) is 16.9 Å². The van der Waals surface area contributed by atoms with Crippen molar-refractivity contribution in [3.8, 4) is 11.8 Å². The number of phenols is 1. The van der Waals surface area contributed by atoms with Gasteiger partial charge in [-0.2, -0.15) is 5.26 Å². The van der Waals surface area contributed by atoms with Crippen molar-refractivity contribution in [2.24, 2.45) is 0 Å². The second kappa shape index (κ2) is 6.35. The Balaban J connectivity index is 2.22. The highest BCUT2D eigenvalue weighted by molar-refractivity contribution is 6.09. The van der Waals surface area contributed by atoms with Crippen LogP contribution in [0.25, 0.3) is 6.08 Å². The topological polar surface area (TPSA) is 73.1 Å². The summed E-state index contributed by atoms with van der Waals surface area (Å²) in [7, 11) is 0. The van der Waals surface area contributed by atoms with E-state index in [4.69, 9.17) is 10.4 Å². The number of carbonyl (C=O) groups is 1. The monoisotopic (exact) mass is 282 g/mol. The van der Waals surface area contributed by atoms with Crippen LogP contribution in [0, 0.1) is 17.1 Å². The Morgan fingerprint density at radius 2 is 1.86 bits per heavy atom. The van der Waals surface area contributed by atoms with Crippen LogP contribution < -0.4 is 5.32 Å². The number of halogens is 1. The summed E-state index contributed by atoms with van der Waals surface area (Å²) in [6.45, 7) is 0. The normalized spacial score (nSPS) is 10.8. The summed E-state index contributed by atoms with van der Waals surface area (Å²) in [4.78, 5) is 12.0. The first kappa shape index (κ1) is 14.3. The van der Waals surface area contributed by atoms with E-state index in [0.717, 1.165) is 0 Å². The maximum Gasteiger partial charge on any atom is 0.266 e. The average molecular weight is 282 g/mol. The van der Waals surface area contributed by atoms with Crippen LogP contribution in [0.4, 0.5) is 10.1 Å². The van der Waals surface area contributed by atoms with E-state index >= 15 is 0 Å². The predicted molar refractivity (Wildman–Crippen MR) is 76.7 cm³/mol. The predicted octanol–water partition coefficient (Wildman–Crippen LogP) is 3.08. The van der Waals surface area contributed by atoms with Crippen molar-refractivity contribution >= 4 is 17.7 Å². The van der Waals surface area contributed by atoms with Gasteiger partial charge in [-0.25, -0.2) is 4.39 Å². The van der Waals surface area contributed by atoms with Gasteiger partial charge in [0.2, 0.25) is 0 Å². The third-order valence-corrected chi connectivity index (χ3v) is 2.70. The fourth-order valence-corrected chi connectivity index (χ4v) is 1.64. The molecule has 104 valence electrons. The molecule has 2 aromatic rings. The van der Waals surface area contributed by atoms with Crippen LogP contribution in [0.1, 0.15) is 5.56 Å². The van der Waals surface area contributed by atoms with Gasteiger partial charge in [-0.05, 0) is 36.4 Å². The molecule has 0 atom stereocenters. The molecule has 0 aliphatic rings. The Morgan fingerprint density at radius 3 is 2.48 bits per heavy atom. The van der Waals surface area contributed by atoms with Gasteiger partial charge in [0.1, 0.15) is 23.2 Å². The van der Waals surface area contributed by atoms with Crippen LogP contribution in [0.15, 0.2) is 54.1 Å². The summed E-state index contributed by atoms with van der Waals surface area (Å²) in [5.41, 5.74) is 0.371. The quantitative estimate of drug-likeness (QED) is 0.516. The maximum atomic E-state index is 13.5. The minimum Gasteiger partial charge on any atom is -0.508 e. The molecule has 4 nitrogen and oxygen atoms in total. The van der Waals surface area contributed by atoms with Crippen molar-refractivity contribution in [3.05, 3.63) is 65.5 Å². The molecule has 0 bridgehead atoms. The third-order valence-electron chi connectivity index (χ3n) is 2.70. The maximum absolute atomic E-state index is 13.5. The first-order chi connectivity index (χ1) is 10.1. The molecule has 1 amide bonds. The molecule has 0 aromatic heterocycles. The number of carbonyl (C=O) groups excluding carboxylic acids is 1. The summed E-state index contributed by atoms with van der Waals surface area (Å²) in [5, 5.41) is 20.7. The molecule has 0 fully saturated rings. The van der Waals surface area contributed by atoms with Crippen LogP contribution in [-0.4, -0.2) is 11.0 Å². The van der Waals surface area contributed by atoms with Crippen LogP contribution in [0.2, 0.25) is 0 Å². The summed E-state index contributed by atoms with van der Waals surface area (Å²) in [6.07, 6.45) is 1.19. The molecule has 0 aliphatic heterocycles. The molecule has 0 unspecified atom stereocenters. The lowest BCUT2D eigenvalue weighted by Crippen LogP contribution is -2.13. The fraction of sp³-hybridized carbons (Fsp3) is 0. The number of hydrogen-bond acceptors (Lipinski definition) is 3. The zero-order valence-corrected chi connectivity index (χ0v) is 10.9. The summed E-state index contributed by atoms with van der Waals surface area (Å²) < 4.78 is 13.5. The molecule has 0 heterocycles. The van der Waals surface area contributed by atoms with E-state index in [0.29, 0.717) is 5.69 Å². The Hall–Kier alpha value is -3.13. The van der Waals surface area contributed by atoms with Gasteiger partial charge < -0.3 is 10.4 Å². The summed E-state index contributed by atoms with van der Waals surface area (Å²) >= 11 is 0. The number of anilines is 1. The molecule has 0 saturated carbocycles. The Morgan fingerprint density at radius 1 is 1.19 bits per heavy atom. The van der Waals surface area contributed by atoms with Gasteiger partial charge in [-0.15, -0.1) is 0 Å². The SMILES string of the molecule is N#C/C(=C/c1ccccc1F)C(=O)Nc1ccc(O)cc1. The van der Waals surface area contributed by atoms with E-state index in [9.17, 15) is 9.18 Å². The lowest BCUT2D eigenvalue weighted by atomic mass is 10.1. The number of hydrogen-bond donors (Lipinski definition) is 2. The Kier molecular flexibility index (Phi) is 4.32. The molecule has 0 aliphatic carbocycles. The number of nitrogens with zero attached hydrogens (tertiary/aromatic N) is 1. The van der Waals surface area contributed by atoms with Crippen molar-refractivity contribution in [2.75, 3.05) is 5.32 Å². The van der Waals surface area contributed by atoms with Crippen LogP contribution in [0.3, 0.4) is 0 Å². The lowest BCUT2D eigenvalue weighted by molar-refractivity contribution is -0.112. The van der Waals surface area contributed by atoms with Gasteiger partial charge in [0.25, 0.3) is 5.91 Å². The molecule has 2 N–H and O–H groups in total. The number of rotatable bonds is 3. The van der Waals surface area contributed by atoms with Gasteiger partial charge in [-0.3, -0.25) is 4.79 Å². The van der Waals surface area contributed by atoms with Gasteiger partial charge in [0.05, 0.1) is 0 Å². The zero-order chi connectivity index (χ0) is 15.2. The first-order valence-corrected chi connectivity index (χ1v) is 6.07. The number of benzene rings is 2. The standard InChI is InChI=1S/C16H11FN2O2/c17-15-4-2-1-3-11(15)9-12(10-18)16(21)19-13-5-7-14(20)8-6-13/h1-9,20H,(H,19,21)/b12-9-. The average Bonchev–Trinajstić information content (AvgIpc) is 2.48. The summed E-state index contributed by atoms with van der Waals surface area (Å²) in [6, 6.07) is 13.4. The molecular weight excluding hydrogens is 271 g/mol. The van der Waals surface area contributed by atoms with Gasteiger partial charge >= 0.3 is 0 Å². The zero-order valence-electron chi connectivity index (χ0n) is 10.9. The molecule has 0 saturated heterocycles. The van der Waals surface area contributed by atoms with Crippen LogP contribution in [0.5, 0.6) is 5.75 Å². The lowest BCUT2D eigenvalue weighted by Gasteiger charge is -2.04. The highest BCUT2D eigenvalue weighted by Gasteiger charge is 2.10. The van der Waals surface area contributed by atoms with Gasteiger partial charge in [0.15, 0.2) is 0 Å². The number of phenolic OH excluding ortho intramolecular Hbond substituents is 1. The molecule has 0 spiro atoms. The number of aromatic hydroxyl groups is 1. The van der Waals surface area contributed by atoms with Crippen molar-refractivity contribution in [2.45, 2.75) is 0 Å². The van der Waals surface area contributed by atoms with Crippen LogP contribution >= 0.6 is 0 Å². The largest absolute Gasteiger partial charge is 0.508 e. The van der Waals surface area contributed by atoms with Crippen molar-refractivity contribution in [1.82, 2.24) is 0 Å². The second-order valence-electron chi connectivity index (χ2n) is 4.19.